The van der Waals surface area contributed by atoms with Gasteiger partial charge in [-0.3, -0.25) is 9.59 Å². The van der Waals surface area contributed by atoms with Crippen LogP contribution in [0, 0.1) is 0 Å². The number of hydrogen-bond donors (Lipinski definition) is 1. The standard InChI is InChI=1S/C67H98O5/c1-3-5-7-9-11-13-15-17-19-21-23-25-26-27-28-29-30-31-32-33-34-35-36-37-38-39-40-42-44-46-48-50-52-54-56-58-60-62-67(70)72-65(63-68)64-71-66(69)61-59-57-55-53-51-49-47-45-43-41-24-22-20-18-16-14-12-10-8-6-4-2/h5-8,11-14,17-20,23-25,27-28,30-31,33-34,36-37,39-41,44-47,50-53,65,68H,3-4,9-10,15-16,21-22,26,29,32,35,38,42-43,48-49,54-64H2,1-2H3/b7-5-,8-6-,13-11-,14-12-,19-17-,20-18-,25-23-,28-27-,31-30-,34-33-,37-36-,40-39-,41-24-,46-44-,47-45-,52-50-,53-51-. The lowest BCUT2D eigenvalue weighted by molar-refractivity contribution is -0.161. The minimum Gasteiger partial charge on any atom is -0.462 e. The number of rotatable bonds is 47. The molecule has 0 aromatic carbocycles. The number of esters is 2. The molecule has 0 saturated carbocycles. The fourth-order valence-corrected chi connectivity index (χ4v) is 6.50. The third-order valence-electron chi connectivity index (χ3n) is 10.6. The van der Waals surface area contributed by atoms with Crippen LogP contribution in [0.25, 0.3) is 0 Å². The summed E-state index contributed by atoms with van der Waals surface area (Å²) in [6.07, 6.45) is 97.8. The Morgan fingerprint density at radius 1 is 0.319 bits per heavy atom. The monoisotopic (exact) mass is 983 g/mol. The number of carbonyl (C=O) groups is 2. The van der Waals surface area contributed by atoms with Gasteiger partial charge in [0.25, 0.3) is 0 Å². The van der Waals surface area contributed by atoms with E-state index in [1.54, 1.807) is 0 Å². The highest BCUT2D eigenvalue weighted by Gasteiger charge is 2.16. The summed E-state index contributed by atoms with van der Waals surface area (Å²) in [5.74, 6) is -0.701. The molecule has 0 radical (unpaired) electrons. The number of hydrogen-bond acceptors (Lipinski definition) is 5. The number of ether oxygens (including phenoxy) is 2. The molecule has 0 aliphatic carbocycles. The van der Waals surface area contributed by atoms with Gasteiger partial charge in [0.2, 0.25) is 0 Å². The first-order valence-electron chi connectivity index (χ1n) is 27.6. The van der Waals surface area contributed by atoms with Gasteiger partial charge in [-0.25, -0.2) is 0 Å². The Bertz CT molecular complexity index is 1780. The predicted molar refractivity (Wildman–Crippen MR) is 315 cm³/mol. The van der Waals surface area contributed by atoms with Gasteiger partial charge in [0, 0.05) is 12.8 Å². The van der Waals surface area contributed by atoms with Crippen molar-refractivity contribution >= 4 is 11.9 Å². The third kappa shape index (κ3) is 57.1. The quantitative estimate of drug-likeness (QED) is 0.0374. The maximum Gasteiger partial charge on any atom is 0.306 e. The summed E-state index contributed by atoms with van der Waals surface area (Å²) in [6, 6.07) is 0. The van der Waals surface area contributed by atoms with Gasteiger partial charge in [-0.1, -0.05) is 227 Å². The lowest BCUT2D eigenvalue weighted by Gasteiger charge is -2.15. The molecule has 5 heteroatoms. The van der Waals surface area contributed by atoms with Crippen LogP contribution >= 0.6 is 0 Å². The fourth-order valence-electron chi connectivity index (χ4n) is 6.50. The number of aliphatic hydroxyl groups is 1. The molecule has 5 nitrogen and oxygen atoms in total. The summed E-state index contributed by atoms with van der Waals surface area (Å²) in [7, 11) is 0. The first-order chi connectivity index (χ1) is 35.6. The van der Waals surface area contributed by atoms with E-state index >= 15 is 0 Å². The van der Waals surface area contributed by atoms with Gasteiger partial charge >= 0.3 is 11.9 Å². The summed E-state index contributed by atoms with van der Waals surface area (Å²) < 4.78 is 10.6. The van der Waals surface area contributed by atoms with Crippen LogP contribution in [-0.2, 0) is 19.1 Å². The molecule has 1 unspecified atom stereocenters. The molecule has 396 valence electrons. The van der Waals surface area contributed by atoms with Crippen LogP contribution in [0.2, 0.25) is 0 Å². The molecule has 0 aliphatic heterocycles. The number of carbonyl (C=O) groups excluding carboxylic acids is 2. The van der Waals surface area contributed by atoms with Crippen molar-refractivity contribution < 1.29 is 24.2 Å². The highest BCUT2D eigenvalue weighted by atomic mass is 16.6. The van der Waals surface area contributed by atoms with Crippen molar-refractivity contribution in [2.24, 2.45) is 0 Å². The predicted octanol–water partition coefficient (Wildman–Crippen LogP) is 19.1. The summed E-state index contributed by atoms with van der Waals surface area (Å²) in [5, 5.41) is 9.63. The van der Waals surface area contributed by atoms with E-state index in [9.17, 15) is 14.7 Å². The molecule has 72 heavy (non-hydrogen) atoms. The topological polar surface area (TPSA) is 72.8 Å². The highest BCUT2D eigenvalue weighted by Crippen LogP contribution is 2.09. The maximum atomic E-state index is 12.3. The Morgan fingerprint density at radius 2 is 0.556 bits per heavy atom. The van der Waals surface area contributed by atoms with Gasteiger partial charge < -0.3 is 14.6 Å². The van der Waals surface area contributed by atoms with Crippen molar-refractivity contribution in [3.63, 3.8) is 0 Å². The normalized spacial score (nSPS) is 13.9. The van der Waals surface area contributed by atoms with E-state index in [0.717, 1.165) is 154 Å². The van der Waals surface area contributed by atoms with Crippen molar-refractivity contribution in [2.75, 3.05) is 13.2 Å². The van der Waals surface area contributed by atoms with Gasteiger partial charge in [-0.2, -0.15) is 0 Å². The lowest BCUT2D eigenvalue weighted by atomic mass is 10.1. The van der Waals surface area contributed by atoms with Crippen LogP contribution in [0.5, 0.6) is 0 Å². The molecule has 0 saturated heterocycles. The van der Waals surface area contributed by atoms with E-state index in [-0.39, 0.29) is 31.6 Å². The Kier molecular flexibility index (Phi) is 55.2. The fraction of sp³-hybridized carbons (Fsp3) is 0.463. The molecular weight excluding hydrogens is 885 g/mol. The molecule has 0 aromatic heterocycles. The molecule has 1 atom stereocenters. The van der Waals surface area contributed by atoms with Crippen LogP contribution < -0.4 is 0 Å². The minimum absolute atomic E-state index is 0.118. The van der Waals surface area contributed by atoms with Crippen molar-refractivity contribution in [2.45, 2.75) is 187 Å². The third-order valence-corrected chi connectivity index (χ3v) is 10.6. The second kappa shape index (κ2) is 59.8. The molecule has 0 heterocycles. The van der Waals surface area contributed by atoms with Crippen molar-refractivity contribution in [3.8, 4) is 0 Å². The summed E-state index contributed by atoms with van der Waals surface area (Å²) in [4.78, 5) is 24.5. The van der Waals surface area contributed by atoms with E-state index in [4.69, 9.17) is 9.47 Å². The van der Waals surface area contributed by atoms with Gasteiger partial charge in [0.15, 0.2) is 6.10 Å². The van der Waals surface area contributed by atoms with E-state index in [0.29, 0.717) is 6.42 Å². The second-order valence-electron chi connectivity index (χ2n) is 17.2. The zero-order valence-electron chi connectivity index (χ0n) is 45.1. The lowest BCUT2D eigenvalue weighted by Crippen LogP contribution is -2.28. The smallest absolute Gasteiger partial charge is 0.306 e. The van der Waals surface area contributed by atoms with E-state index in [2.05, 4.69) is 220 Å². The molecule has 0 aromatic rings. The van der Waals surface area contributed by atoms with E-state index in [1.807, 2.05) is 0 Å². The molecule has 0 fully saturated rings. The summed E-state index contributed by atoms with van der Waals surface area (Å²) in [6.45, 7) is 3.82. The molecule has 1 N–H and O–H groups in total. The van der Waals surface area contributed by atoms with Gasteiger partial charge in [-0.05, 0) is 148 Å². The van der Waals surface area contributed by atoms with Crippen molar-refractivity contribution in [1.29, 1.82) is 0 Å². The Labute approximate surface area is 440 Å². The van der Waals surface area contributed by atoms with E-state index in [1.165, 1.54) is 0 Å². The molecule has 0 spiro atoms. The highest BCUT2D eigenvalue weighted by molar-refractivity contribution is 5.70. The molecule has 0 amide bonds. The summed E-state index contributed by atoms with van der Waals surface area (Å²) in [5.41, 5.74) is 0. The first kappa shape index (κ1) is 66.5. The van der Waals surface area contributed by atoms with Crippen LogP contribution in [0.15, 0.2) is 207 Å². The maximum absolute atomic E-state index is 12.3. The molecule has 0 aliphatic rings. The second-order valence-corrected chi connectivity index (χ2v) is 17.2. The van der Waals surface area contributed by atoms with Gasteiger partial charge in [0.05, 0.1) is 6.61 Å². The largest absolute Gasteiger partial charge is 0.462 e. The molecule has 0 bridgehead atoms. The average molecular weight is 984 g/mol. The molecular formula is C67H98O5. The Hall–Kier alpha value is -5.52. The van der Waals surface area contributed by atoms with Gasteiger partial charge in [-0.15, -0.1) is 0 Å². The SMILES string of the molecule is CC/C=C\C/C=C\C/C=C\C/C=C\C/C=C\C/C=C\C/C=C\C/C=C\C/C=C\C/C=C\C/C=C\CCCCCC(=O)OC(CO)COC(=O)CCCC/C=C\C/C=C\C/C=C\C/C=C\C/C=C\C/C=C\CC. The molecule has 0 rings (SSSR count). The Morgan fingerprint density at radius 3 is 0.833 bits per heavy atom. The van der Waals surface area contributed by atoms with Gasteiger partial charge in [0.1, 0.15) is 6.61 Å². The Balaban J connectivity index is 3.76. The van der Waals surface area contributed by atoms with Crippen molar-refractivity contribution in [1.82, 2.24) is 0 Å². The summed E-state index contributed by atoms with van der Waals surface area (Å²) >= 11 is 0. The van der Waals surface area contributed by atoms with Crippen LogP contribution in [-0.4, -0.2) is 36.4 Å². The van der Waals surface area contributed by atoms with E-state index < -0.39 is 6.10 Å². The first-order valence-corrected chi connectivity index (χ1v) is 27.6. The number of unbranched alkanes of at least 4 members (excludes halogenated alkanes) is 5. The number of aliphatic hydroxyl groups excluding tert-OH is 1. The zero-order valence-corrected chi connectivity index (χ0v) is 45.1. The van der Waals surface area contributed by atoms with Crippen LogP contribution in [0.3, 0.4) is 0 Å². The van der Waals surface area contributed by atoms with Crippen LogP contribution in [0.4, 0.5) is 0 Å². The van der Waals surface area contributed by atoms with Crippen LogP contribution in [0.1, 0.15) is 181 Å². The average Bonchev–Trinajstić information content (AvgIpc) is 3.38. The zero-order chi connectivity index (χ0) is 52.0. The number of allylic oxidation sites excluding steroid dienone is 34. The van der Waals surface area contributed by atoms with Crippen molar-refractivity contribution in [3.05, 3.63) is 207 Å². The minimum atomic E-state index is -0.827.